The number of hydrogen-bond acceptors (Lipinski definition) is 2. The first kappa shape index (κ1) is 15.2. The van der Waals surface area contributed by atoms with Gasteiger partial charge in [-0.05, 0) is 47.0 Å². The number of carbonyl (C=O) groups excluding carboxylic acids is 1. The smallest absolute Gasteiger partial charge is 0.258 e. The number of hydrogen-bond donors (Lipinski definition) is 1. The second-order valence-corrected chi connectivity index (χ2v) is 6.39. The van der Waals surface area contributed by atoms with Gasteiger partial charge in [-0.15, -0.1) is 0 Å². The molecule has 0 aliphatic heterocycles. The molecule has 1 amide bonds. The molecule has 0 unspecified atom stereocenters. The van der Waals surface area contributed by atoms with Crippen LogP contribution >= 0.6 is 15.9 Å². The van der Waals surface area contributed by atoms with Crippen LogP contribution < -0.4 is 5.32 Å². The summed E-state index contributed by atoms with van der Waals surface area (Å²) in [6, 6.07) is 6.17. The summed E-state index contributed by atoms with van der Waals surface area (Å²) in [6.45, 7) is 0. The van der Waals surface area contributed by atoms with Gasteiger partial charge in [0.1, 0.15) is 11.6 Å². The Balaban J connectivity index is 1.80. The van der Waals surface area contributed by atoms with E-state index >= 15 is 0 Å². The molecule has 6 heteroatoms. The van der Waals surface area contributed by atoms with E-state index in [4.69, 9.17) is 0 Å². The van der Waals surface area contributed by atoms with Gasteiger partial charge in [0.15, 0.2) is 0 Å². The van der Waals surface area contributed by atoms with Gasteiger partial charge >= 0.3 is 0 Å². The van der Waals surface area contributed by atoms with Crippen LogP contribution in [0.25, 0.3) is 0 Å². The number of amides is 1. The molecule has 1 aromatic carbocycles. The van der Waals surface area contributed by atoms with E-state index < -0.39 is 5.82 Å². The molecule has 1 N–H and O–H groups in total. The van der Waals surface area contributed by atoms with Crippen LogP contribution in [0.3, 0.4) is 0 Å². The van der Waals surface area contributed by atoms with Crippen molar-refractivity contribution in [3.8, 4) is 0 Å². The Morgan fingerprint density at radius 2 is 2.05 bits per heavy atom. The maximum absolute atomic E-state index is 13.3. The van der Waals surface area contributed by atoms with Crippen LogP contribution in [0.2, 0.25) is 0 Å². The molecule has 0 bridgehead atoms. The van der Waals surface area contributed by atoms with Gasteiger partial charge in [0, 0.05) is 10.5 Å². The molecule has 1 saturated carbocycles. The van der Waals surface area contributed by atoms with Gasteiger partial charge in [-0.1, -0.05) is 19.3 Å². The van der Waals surface area contributed by atoms with E-state index in [1.807, 2.05) is 4.68 Å². The van der Waals surface area contributed by atoms with Crippen molar-refractivity contribution in [1.29, 1.82) is 0 Å². The van der Waals surface area contributed by atoms with Crippen molar-refractivity contribution in [2.24, 2.45) is 0 Å². The standard InChI is InChI=1S/C16H17BrFN3O/c17-14-7-6-11(18)10-13(14)16(22)20-15-8-9-19-21(15)12-4-2-1-3-5-12/h6-10,12H,1-5H2,(H,20,22). The van der Waals surface area contributed by atoms with Crippen molar-refractivity contribution >= 4 is 27.7 Å². The van der Waals surface area contributed by atoms with Gasteiger partial charge in [0.25, 0.3) is 5.91 Å². The van der Waals surface area contributed by atoms with Crippen LogP contribution in [0.5, 0.6) is 0 Å². The van der Waals surface area contributed by atoms with Crippen LogP contribution in [0.15, 0.2) is 34.9 Å². The third-order valence-electron chi connectivity index (χ3n) is 4.01. The summed E-state index contributed by atoms with van der Waals surface area (Å²) >= 11 is 3.28. The predicted octanol–water partition coefficient (Wildman–Crippen LogP) is 4.54. The lowest BCUT2D eigenvalue weighted by Crippen LogP contribution is -2.20. The molecule has 22 heavy (non-hydrogen) atoms. The molecular formula is C16H17BrFN3O. The summed E-state index contributed by atoms with van der Waals surface area (Å²) in [4.78, 5) is 12.4. The number of halogens is 2. The zero-order valence-corrected chi connectivity index (χ0v) is 13.6. The van der Waals surface area contributed by atoms with Crippen molar-refractivity contribution < 1.29 is 9.18 Å². The Bertz CT molecular complexity index is 680. The first-order chi connectivity index (χ1) is 10.6. The zero-order valence-electron chi connectivity index (χ0n) is 12.1. The number of carbonyl (C=O) groups is 1. The molecule has 0 radical (unpaired) electrons. The second-order valence-electron chi connectivity index (χ2n) is 5.53. The van der Waals surface area contributed by atoms with Crippen LogP contribution in [0, 0.1) is 5.82 Å². The number of nitrogens with one attached hydrogen (secondary N) is 1. The Kier molecular flexibility index (Phi) is 4.57. The minimum atomic E-state index is -0.436. The highest BCUT2D eigenvalue weighted by molar-refractivity contribution is 9.10. The monoisotopic (exact) mass is 365 g/mol. The van der Waals surface area contributed by atoms with Gasteiger partial charge in [-0.25, -0.2) is 9.07 Å². The van der Waals surface area contributed by atoms with Crippen LogP contribution in [0.1, 0.15) is 48.5 Å². The largest absolute Gasteiger partial charge is 0.307 e. The molecule has 1 aromatic heterocycles. The lowest BCUT2D eigenvalue weighted by atomic mass is 9.96. The fraction of sp³-hybridized carbons (Fsp3) is 0.375. The molecule has 2 aromatic rings. The summed E-state index contributed by atoms with van der Waals surface area (Å²) in [6.07, 6.45) is 7.48. The van der Waals surface area contributed by atoms with Crippen LogP contribution in [0.4, 0.5) is 10.2 Å². The van der Waals surface area contributed by atoms with Gasteiger partial charge in [-0.2, -0.15) is 5.10 Å². The topological polar surface area (TPSA) is 46.9 Å². The van der Waals surface area contributed by atoms with Crippen LogP contribution in [-0.4, -0.2) is 15.7 Å². The Morgan fingerprint density at radius 3 is 2.82 bits per heavy atom. The van der Waals surface area contributed by atoms with E-state index in [-0.39, 0.29) is 11.5 Å². The van der Waals surface area contributed by atoms with Gasteiger partial charge in [0.2, 0.25) is 0 Å². The molecule has 3 rings (SSSR count). The normalized spacial score (nSPS) is 15.7. The molecule has 4 nitrogen and oxygen atoms in total. The summed E-state index contributed by atoms with van der Waals surface area (Å²) in [5.41, 5.74) is 0.274. The minimum Gasteiger partial charge on any atom is -0.307 e. The van der Waals surface area contributed by atoms with Gasteiger partial charge in [-0.3, -0.25) is 4.79 Å². The van der Waals surface area contributed by atoms with Gasteiger partial charge in [0.05, 0.1) is 17.8 Å². The van der Waals surface area contributed by atoms with Crippen molar-refractivity contribution in [3.63, 3.8) is 0 Å². The highest BCUT2D eigenvalue weighted by atomic mass is 79.9. The van der Waals surface area contributed by atoms with E-state index in [0.29, 0.717) is 16.3 Å². The van der Waals surface area contributed by atoms with E-state index in [9.17, 15) is 9.18 Å². The summed E-state index contributed by atoms with van der Waals surface area (Å²) < 4.78 is 15.8. The molecule has 0 spiro atoms. The fourth-order valence-electron chi connectivity index (χ4n) is 2.89. The van der Waals surface area contributed by atoms with Crippen molar-refractivity contribution in [3.05, 3.63) is 46.3 Å². The molecule has 1 aliphatic rings. The Hall–Kier alpha value is -1.69. The number of anilines is 1. The first-order valence-electron chi connectivity index (χ1n) is 7.45. The van der Waals surface area contributed by atoms with E-state index in [0.717, 1.165) is 12.8 Å². The molecule has 1 fully saturated rings. The number of benzene rings is 1. The number of rotatable bonds is 3. The molecular weight excluding hydrogens is 349 g/mol. The maximum atomic E-state index is 13.3. The predicted molar refractivity (Wildman–Crippen MR) is 86.4 cm³/mol. The van der Waals surface area contributed by atoms with Gasteiger partial charge < -0.3 is 5.32 Å². The van der Waals surface area contributed by atoms with Crippen molar-refractivity contribution in [1.82, 2.24) is 9.78 Å². The molecule has 0 atom stereocenters. The Labute approximate surface area is 136 Å². The SMILES string of the molecule is O=C(Nc1ccnn1C1CCCCC1)c1cc(F)ccc1Br. The third-order valence-corrected chi connectivity index (χ3v) is 4.70. The maximum Gasteiger partial charge on any atom is 0.258 e. The van der Waals surface area contributed by atoms with Crippen molar-refractivity contribution in [2.45, 2.75) is 38.1 Å². The second kappa shape index (κ2) is 6.60. The minimum absolute atomic E-state index is 0.274. The molecule has 116 valence electrons. The van der Waals surface area contributed by atoms with E-state index in [1.165, 1.54) is 37.5 Å². The zero-order chi connectivity index (χ0) is 15.5. The Morgan fingerprint density at radius 1 is 1.27 bits per heavy atom. The average molecular weight is 366 g/mol. The fourth-order valence-corrected chi connectivity index (χ4v) is 3.31. The number of aromatic nitrogens is 2. The van der Waals surface area contributed by atoms with E-state index in [2.05, 4.69) is 26.3 Å². The molecule has 1 aliphatic carbocycles. The summed E-state index contributed by atoms with van der Waals surface area (Å²) in [7, 11) is 0. The average Bonchev–Trinajstić information content (AvgIpc) is 2.98. The number of nitrogens with zero attached hydrogens (tertiary/aromatic N) is 2. The lowest BCUT2D eigenvalue weighted by molar-refractivity contribution is 0.102. The summed E-state index contributed by atoms with van der Waals surface area (Å²) in [5, 5.41) is 7.18. The molecule has 0 saturated heterocycles. The quantitative estimate of drug-likeness (QED) is 0.867. The first-order valence-corrected chi connectivity index (χ1v) is 8.24. The van der Waals surface area contributed by atoms with Crippen LogP contribution in [-0.2, 0) is 0 Å². The van der Waals surface area contributed by atoms with Crippen molar-refractivity contribution in [2.75, 3.05) is 5.32 Å². The van der Waals surface area contributed by atoms with E-state index in [1.54, 1.807) is 12.3 Å². The third kappa shape index (κ3) is 3.21. The summed E-state index contributed by atoms with van der Waals surface area (Å²) in [5.74, 6) is -0.119. The highest BCUT2D eigenvalue weighted by Gasteiger charge is 2.20. The highest BCUT2D eigenvalue weighted by Crippen LogP contribution is 2.30. The molecule has 1 heterocycles. The lowest BCUT2D eigenvalue weighted by Gasteiger charge is -2.24.